The number of hydrogen-bond donors (Lipinski definition) is 1. The van der Waals surface area contributed by atoms with Crippen LogP contribution in [0, 0.1) is 12.3 Å². The van der Waals surface area contributed by atoms with E-state index in [1.807, 2.05) is 73.9 Å². The Morgan fingerprint density at radius 1 is 0.975 bits per heavy atom. The van der Waals surface area contributed by atoms with Crippen molar-refractivity contribution in [3.63, 3.8) is 0 Å². The molecule has 0 aliphatic carbocycles. The lowest BCUT2D eigenvalue weighted by molar-refractivity contribution is -0.174. The van der Waals surface area contributed by atoms with Crippen LogP contribution in [0.25, 0.3) is 23.3 Å². The van der Waals surface area contributed by atoms with Crippen LogP contribution in [0.5, 0.6) is 0 Å². The van der Waals surface area contributed by atoms with Gasteiger partial charge in [-0.05, 0) is 92.1 Å². The van der Waals surface area contributed by atoms with Crippen molar-refractivity contribution in [3.8, 4) is 11.1 Å². The van der Waals surface area contributed by atoms with Crippen molar-refractivity contribution in [1.82, 2.24) is 10.3 Å². The molecule has 0 aliphatic heterocycles. The quantitative estimate of drug-likeness (QED) is 0.221. The fourth-order valence-electron chi connectivity index (χ4n) is 3.81. The van der Waals surface area contributed by atoms with Gasteiger partial charge in [0.25, 0.3) is 5.91 Å². The van der Waals surface area contributed by atoms with Crippen molar-refractivity contribution in [1.29, 1.82) is 0 Å². The van der Waals surface area contributed by atoms with E-state index < -0.39 is 36.1 Å². The summed E-state index contributed by atoms with van der Waals surface area (Å²) in [5, 5.41) is 2.85. The smallest absolute Gasteiger partial charge is 0.331 e. The summed E-state index contributed by atoms with van der Waals surface area (Å²) in [6, 6.07) is 16.4. The van der Waals surface area contributed by atoms with Gasteiger partial charge in [0.15, 0.2) is 0 Å². The van der Waals surface area contributed by atoms with Crippen LogP contribution in [0.3, 0.4) is 0 Å². The van der Waals surface area contributed by atoms with Crippen molar-refractivity contribution in [2.75, 3.05) is 18.8 Å². The van der Waals surface area contributed by atoms with Crippen LogP contribution in [0.4, 0.5) is 0 Å². The number of amides is 1. The Bertz CT molecular complexity index is 1350. The van der Waals surface area contributed by atoms with Crippen LogP contribution in [-0.2, 0) is 19.1 Å². The lowest BCUT2D eigenvalue weighted by Crippen LogP contribution is -2.43. The second-order valence-electron chi connectivity index (χ2n) is 10.3. The fourth-order valence-corrected chi connectivity index (χ4v) is 4.28. The minimum absolute atomic E-state index is 0.366. The number of carbonyl (C=O) groups is 3. The molecule has 2 aromatic carbocycles. The number of aryl methyl sites for hydroxylation is 1. The molecule has 8 heteroatoms. The number of nitrogens with one attached hydrogen (secondary N) is 1. The third-order valence-electron chi connectivity index (χ3n) is 6.08. The molecule has 40 heavy (non-hydrogen) atoms. The summed E-state index contributed by atoms with van der Waals surface area (Å²) in [5.74, 6) is -0.899. The predicted molar refractivity (Wildman–Crippen MR) is 161 cm³/mol. The topological polar surface area (TPSA) is 94.6 Å². The van der Waals surface area contributed by atoms with Crippen molar-refractivity contribution < 1.29 is 23.9 Å². The summed E-state index contributed by atoms with van der Waals surface area (Å²) in [7, 11) is 0. The number of hydrogen-bond acceptors (Lipinski definition) is 7. The van der Waals surface area contributed by atoms with Gasteiger partial charge >= 0.3 is 11.9 Å². The van der Waals surface area contributed by atoms with Gasteiger partial charge in [0.1, 0.15) is 6.04 Å². The van der Waals surface area contributed by atoms with Crippen LogP contribution in [0.2, 0.25) is 0 Å². The molecule has 210 valence electrons. The molecule has 0 aliphatic rings. The molecule has 7 nitrogen and oxygen atoms in total. The molecule has 0 unspecified atom stereocenters. The monoisotopic (exact) mass is 560 g/mol. The maximum Gasteiger partial charge on any atom is 0.331 e. The molecule has 1 heterocycles. The lowest BCUT2D eigenvalue weighted by Gasteiger charge is -2.20. The number of esters is 2. The molecule has 3 aromatic rings. The van der Waals surface area contributed by atoms with Crippen LogP contribution >= 0.6 is 11.8 Å². The van der Waals surface area contributed by atoms with E-state index in [9.17, 15) is 14.4 Å². The van der Waals surface area contributed by atoms with Crippen LogP contribution < -0.4 is 5.32 Å². The molecule has 1 amide bonds. The van der Waals surface area contributed by atoms with E-state index in [4.69, 9.17) is 9.47 Å². The molecule has 3 rings (SSSR count). The van der Waals surface area contributed by atoms with Gasteiger partial charge in [-0.1, -0.05) is 48.6 Å². The summed E-state index contributed by atoms with van der Waals surface area (Å²) in [4.78, 5) is 42.6. The molecule has 0 fully saturated rings. The average Bonchev–Trinajstić information content (AvgIpc) is 2.94. The van der Waals surface area contributed by atoms with E-state index in [-0.39, 0.29) is 0 Å². The third-order valence-corrected chi connectivity index (χ3v) is 6.72. The van der Waals surface area contributed by atoms with Crippen molar-refractivity contribution in [2.24, 2.45) is 5.41 Å². The highest BCUT2D eigenvalue weighted by atomic mass is 32.2. The highest BCUT2D eigenvalue weighted by Gasteiger charge is 2.26. The van der Waals surface area contributed by atoms with Crippen molar-refractivity contribution >= 4 is 41.8 Å². The molecule has 0 spiro atoms. The summed E-state index contributed by atoms with van der Waals surface area (Å²) in [6.07, 6.45) is 9.72. The molecule has 1 aromatic heterocycles. The Morgan fingerprint density at radius 2 is 1.73 bits per heavy atom. The third kappa shape index (κ3) is 8.81. The van der Waals surface area contributed by atoms with Gasteiger partial charge in [0.05, 0.1) is 5.41 Å². The molecule has 0 saturated carbocycles. The first-order valence-electron chi connectivity index (χ1n) is 13.0. The minimum Gasteiger partial charge on any atom is -0.427 e. The molecular formula is C32H36N2O5S. The molecule has 1 N–H and O–H groups in total. The molecule has 0 radical (unpaired) electrons. The maximum absolute atomic E-state index is 13.6. The second kappa shape index (κ2) is 14.5. The SMILES string of the molecule is CSCC[C@H](NC(=O)c1ccc(C=Cc2cccnc2)cc1-c1ccccc1C)C(=O)OCOC(=O)C(C)(C)C. The number of carbonyl (C=O) groups excluding carboxylic acids is 3. The fraction of sp³-hybridized carbons (Fsp3) is 0.312. The normalized spacial score (nSPS) is 12.1. The number of thioether (sulfide) groups is 1. The number of rotatable bonds is 11. The summed E-state index contributed by atoms with van der Waals surface area (Å²) < 4.78 is 10.3. The molecule has 1 atom stereocenters. The number of ether oxygens (including phenoxy) is 2. The van der Waals surface area contributed by atoms with E-state index in [0.29, 0.717) is 17.7 Å². The van der Waals surface area contributed by atoms with E-state index in [0.717, 1.165) is 27.8 Å². The summed E-state index contributed by atoms with van der Waals surface area (Å²) in [5.41, 5.74) is 4.28. The number of nitrogens with zero attached hydrogens (tertiary/aromatic N) is 1. The first kappa shape index (κ1) is 30.6. The van der Waals surface area contributed by atoms with Crippen molar-refractivity contribution in [3.05, 3.63) is 89.2 Å². The van der Waals surface area contributed by atoms with Gasteiger partial charge in [-0.3, -0.25) is 14.6 Å². The second-order valence-corrected chi connectivity index (χ2v) is 11.3. The van der Waals surface area contributed by atoms with Gasteiger partial charge < -0.3 is 14.8 Å². The van der Waals surface area contributed by atoms with E-state index >= 15 is 0 Å². The van der Waals surface area contributed by atoms with E-state index in [2.05, 4.69) is 10.3 Å². The van der Waals surface area contributed by atoms with Crippen LogP contribution in [0.1, 0.15) is 54.2 Å². The first-order chi connectivity index (χ1) is 19.1. The zero-order valence-electron chi connectivity index (χ0n) is 23.6. The summed E-state index contributed by atoms with van der Waals surface area (Å²) >= 11 is 1.55. The van der Waals surface area contributed by atoms with Crippen molar-refractivity contribution in [2.45, 2.75) is 40.2 Å². The Labute approximate surface area is 240 Å². The number of pyridine rings is 1. The number of aromatic nitrogens is 1. The molecule has 0 bridgehead atoms. The van der Waals surface area contributed by atoms with Crippen LogP contribution in [-0.4, -0.2) is 47.7 Å². The zero-order chi connectivity index (χ0) is 29.1. The maximum atomic E-state index is 13.6. The molecular weight excluding hydrogens is 524 g/mol. The average molecular weight is 561 g/mol. The summed E-state index contributed by atoms with van der Waals surface area (Å²) in [6.45, 7) is 6.62. The van der Waals surface area contributed by atoms with E-state index in [1.54, 1.807) is 51.0 Å². The number of benzene rings is 2. The Morgan fingerprint density at radius 3 is 2.40 bits per heavy atom. The standard InChI is InChI=1S/C32H36N2O5S/c1-22-9-6-7-11-25(22)27-19-23(12-13-24-10-8-17-33-20-24)14-15-26(27)29(35)34-28(16-18-40-5)30(36)38-21-39-31(37)32(2,3)4/h6-15,17,19-20,28H,16,18,21H2,1-5H3,(H,34,35)/t28-/m0/s1. The van der Waals surface area contributed by atoms with Crippen LogP contribution in [0.15, 0.2) is 67.0 Å². The Hall–Kier alpha value is -3.91. The Kier molecular flexibility index (Phi) is 11.1. The highest BCUT2D eigenvalue weighted by Crippen LogP contribution is 2.29. The first-order valence-corrected chi connectivity index (χ1v) is 14.4. The predicted octanol–water partition coefficient (Wildman–Crippen LogP) is 6.17. The molecule has 0 saturated heterocycles. The van der Waals surface area contributed by atoms with Gasteiger partial charge in [-0.25, -0.2) is 4.79 Å². The largest absolute Gasteiger partial charge is 0.427 e. The highest BCUT2D eigenvalue weighted by molar-refractivity contribution is 7.98. The van der Waals surface area contributed by atoms with Gasteiger partial charge in [0.2, 0.25) is 6.79 Å². The minimum atomic E-state index is -0.900. The van der Waals surface area contributed by atoms with Gasteiger partial charge in [0, 0.05) is 18.0 Å². The van der Waals surface area contributed by atoms with Gasteiger partial charge in [-0.2, -0.15) is 11.8 Å². The lowest BCUT2D eigenvalue weighted by atomic mass is 9.93. The Balaban J connectivity index is 1.85. The van der Waals surface area contributed by atoms with Gasteiger partial charge in [-0.15, -0.1) is 0 Å². The zero-order valence-corrected chi connectivity index (χ0v) is 24.4. The van der Waals surface area contributed by atoms with E-state index in [1.165, 1.54) is 0 Å².